The molecule has 0 amide bonds. The normalized spacial score (nSPS) is 11.1. The van der Waals surface area contributed by atoms with E-state index in [0.29, 0.717) is 5.75 Å². The van der Waals surface area contributed by atoms with Crippen molar-refractivity contribution in [3.8, 4) is 5.75 Å². The Morgan fingerprint density at radius 2 is 2.00 bits per heavy atom. The van der Waals surface area contributed by atoms with Gasteiger partial charge in [0.15, 0.2) is 0 Å². The Kier molecular flexibility index (Phi) is 1.83. The standard InChI is InChI=1S/C14H11NO/c1-9-8-10-4-2-6-12(16)13(10)14-11(9)5-3-7-15-14/h2-8,16H,1H3. The van der Waals surface area contributed by atoms with E-state index < -0.39 is 0 Å². The maximum atomic E-state index is 9.92. The lowest BCUT2D eigenvalue weighted by Crippen LogP contribution is -1.85. The molecule has 1 heterocycles. The molecule has 0 fully saturated rings. The molecule has 0 unspecified atom stereocenters. The number of aromatic nitrogens is 1. The molecule has 0 aliphatic rings. The Morgan fingerprint density at radius 1 is 1.12 bits per heavy atom. The van der Waals surface area contributed by atoms with Gasteiger partial charge in [0.25, 0.3) is 0 Å². The zero-order chi connectivity index (χ0) is 11.1. The van der Waals surface area contributed by atoms with E-state index in [-0.39, 0.29) is 0 Å². The van der Waals surface area contributed by atoms with Crippen LogP contribution in [0.5, 0.6) is 5.75 Å². The van der Waals surface area contributed by atoms with Crippen molar-refractivity contribution < 1.29 is 5.11 Å². The van der Waals surface area contributed by atoms with E-state index in [1.165, 1.54) is 5.56 Å². The third-order valence-electron chi connectivity index (χ3n) is 2.92. The predicted octanol–water partition coefficient (Wildman–Crippen LogP) is 3.40. The van der Waals surface area contributed by atoms with Crippen LogP contribution < -0.4 is 0 Å². The van der Waals surface area contributed by atoms with E-state index in [1.807, 2.05) is 24.3 Å². The van der Waals surface area contributed by atoms with Crippen molar-refractivity contribution in [2.45, 2.75) is 6.92 Å². The summed E-state index contributed by atoms with van der Waals surface area (Å²) in [5.41, 5.74) is 2.05. The van der Waals surface area contributed by atoms with Crippen molar-refractivity contribution in [2.75, 3.05) is 0 Å². The summed E-state index contributed by atoms with van der Waals surface area (Å²) in [6.07, 6.45) is 1.76. The fourth-order valence-electron chi connectivity index (χ4n) is 2.17. The number of aromatic hydroxyl groups is 1. The molecule has 2 aromatic carbocycles. The first-order valence-corrected chi connectivity index (χ1v) is 5.23. The molecule has 2 heteroatoms. The number of nitrogens with zero attached hydrogens (tertiary/aromatic N) is 1. The van der Waals surface area contributed by atoms with Gasteiger partial charge in [0.2, 0.25) is 0 Å². The summed E-state index contributed by atoms with van der Waals surface area (Å²) in [4.78, 5) is 4.37. The highest BCUT2D eigenvalue weighted by Crippen LogP contribution is 2.32. The number of hydrogen-bond donors (Lipinski definition) is 1. The van der Waals surface area contributed by atoms with E-state index >= 15 is 0 Å². The van der Waals surface area contributed by atoms with Gasteiger partial charge in [0, 0.05) is 17.0 Å². The molecule has 1 aromatic heterocycles. The van der Waals surface area contributed by atoms with Crippen molar-refractivity contribution in [2.24, 2.45) is 0 Å². The highest BCUT2D eigenvalue weighted by Gasteiger charge is 2.07. The molecule has 2 nitrogen and oxygen atoms in total. The number of phenolic OH excluding ortho intramolecular Hbond substituents is 1. The van der Waals surface area contributed by atoms with E-state index in [0.717, 1.165) is 21.7 Å². The Hall–Kier alpha value is -2.09. The van der Waals surface area contributed by atoms with Crippen molar-refractivity contribution in [3.63, 3.8) is 0 Å². The number of pyridine rings is 1. The molecule has 3 aromatic rings. The summed E-state index contributed by atoms with van der Waals surface area (Å²) < 4.78 is 0. The second-order valence-corrected chi connectivity index (χ2v) is 3.97. The zero-order valence-corrected chi connectivity index (χ0v) is 8.94. The van der Waals surface area contributed by atoms with Crippen molar-refractivity contribution in [1.29, 1.82) is 0 Å². The van der Waals surface area contributed by atoms with Crippen LogP contribution in [-0.2, 0) is 0 Å². The van der Waals surface area contributed by atoms with Crippen LogP contribution in [0.15, 0.2) is 42.6 Å². The van der Waals surface area contributed by atoms with Crippen LogP contribution in [0.25, 0.3) is 21.7 Å². The van der Waals surface area contributed by atoms with Gasteiger partial charge >= 0.3 is 0 Å². The van der Waals surface area contributed by atoms with Gasteiger partial charge in [0.1, 0.15) is 5.75 Å². The van der Waals surface area contributed by atoms with E-state index in [9.17, 15) is 5.11 Å². The summed E-state index contributed by atoms with van der Waals surface area (Å²) in [5.74, 6) is 0.293. The Bertz CT molecular complexity index is 689. The molecule has 0 spiro atoms. The van der Waals surface area contributed by atoms with Crippen LogP contribution in [-0.4, -0.2) is 10.1 Å². The maximum Gasteiger partial charge on any atom is 0.125 e. The Labute approximate surface area is 93.2 Å². The average molecular weight is 209 g/mol. The average Bonchev–Trinajstić information content (AvgIpc) is 2.29. The first kappa shape index (κ1) is 9.16. The molecule has 0 bridgehead atoms. The lowest BCUT2D eigenvalue weighted by Gasteiger charge is -2.07. The number of phenols is 1. The molecule has 0 aliphatic heterocycles. The smallest absolute Gasteiger partial charge is 0.125 e. The molecular weight excluding hydrogens is 198 g/mol. The lowest BCUT2D eigenvalue weighted by atomic mass is 10.0. The summed E-state index contributed by atoms with van der Waals surface area (Å²) in [6.45, 7) is 2.06. The predicted molar refractivity (Wildman–Crippen MR) is 65.7 cm³/mol. The summed E-state index contributed by atoms with van der Waals surface area (Å²) in [7, 11) is 0. The van der Waals surface area contributed by atoms with Crippen molar-refractivity contribution >= 4 is 21.7 Å². The Balaban J connectivity index is 2.67. The van der Waals surface area contributed by atoms with Crippen molar-refractivity contribution in [1.82, 2.24) is 4.98 Å². The molecule has 0 aliphatic carbocycles. The maximum absolute atomic E-state index is 9.92. The second kappa shape index (κ2) is 3.20. The number of benzene rings is 2. The molecule has 1 N–H and O–H groups in total. The van der Waals surface area contributed by atoms with Gasteiger partial charge in [-0.1, -0.05) is 24.3 Å². The molecule has 0 saturated heterocycles. The highest BCUT2D eigenvalue weighted by atomic mass is 16.3. The molecule has 0 atom stereocenters. The molecule has 16 heavy (non-hydrogen) atoms. The minimum Gasteiger partial charge on any atom is -0.507 e. The van der Waals surface area contributed by atoms with Crippen LogP contribution in [0.3, 0.4) is 0 Å². The number of fused-ring (bicyclic) bond motifs is 3. The van der Waals surface area contributed by atoms with Gasteiger partial charge in [-0.2, -0.15) is 0 Å². The van der Waals surface area contributed by atoms with Crippen molar-refractivity contribution in [3.05, 3.63) is 48.2 Å². The van der Waals surface area contributed by atoms with E-state index in [2.05, 4.69) is 18.0 Å². The first-order chi connectivity index (χ1) is 7.77. The van der Waals surface area contributed by atoms with Gasteiger partial charge in [-0.15, -0.1) is 0 Å². The minimum absolute atomic E-state index is 0.293. The minimum atomic E-state index is 0.293. The summed E-state index contributed by atoms with van der Waals surface area (Å²) in [6, 6.07) is 11.6. The third-order valence-corrected chi connectivity index (χ3v) is 2.92. The van der Waals surface area contributed by atoms with Gasteiger partial charge in [-0.05, 0) is 30.0 Å². The molecule has 3 rings (SSSR count). The van der Waals surface area contributed by atoms with E-state index in [4.69, 9.17) is 0 Å². The van der Waals surface area contributed by atoms with Gasteiger partial charge in [-0.3, -0.25) is 4.98 Å². The second-order valence-electron chi connectivity index (χ2n) is 3.97. The summed E-state index contributed by atoms with van der Waals surface area (Å²) >= 11 is 0. The highest BCUT2D eigenvalue weighted by molar-refractivity contribution is 6.09. The zero-order valence-electron chi connectivity index (χ0n) is 8.94. The van der Waals surface area contributed by atoms with Gasteiger partial charge in [0.05, 0.1) is 5.52 Å². The lowest BCUT2D eigenvalue weighted by molar-refractivity contribution is 0.482. The molecule has 0 saturated carbocycles. The number of aryl methyl sites for hydroxylation is 1. The fourth-order valence-corrected chi connectivity index (χ4v) is 2.17. The van der Waals surface area contributed by atoms with Crippen LogP contribution in [0.2, 0.25) is 0 Å². The van der Waals surface area contributed by atoms with Gasteiger partial charge in [-0.25, -0.2) is 0 Å². The Morgan fingerprint density at radius 3 is 2.88 bits per heavy atom. The number of hydrogen-bond acceptors (Lipinski definition) is 2. The SMILES string of the molecule is Cc1cc2cccc(O)c2c2ncccc12. The van der Waals surface area contributed by atoms with Crippen LogP contribution >= 0.6 is 0 Å². The number of rotatable bonds is 0. The van der Waals surface area contributed by atoms with Crippen LogP contribution in [0.1, 0.15) is 5.56 Å². The molecule has 0 radical (unpaired) electrons. The topological polar surface area (TPSA) is 33.1 Å². The van der Waals surface area contributed by atoms with Crippen LogP contribution in [0, 0.1) is 6.92 Å². The van der Waals surface area contributed by atoms with Crippen LogP contribution in [0.4, 0.5) is 0 Å². The first-order valence-electron chi connectivity index (χ1n) is 5.23. The molecular formula is C14H11NO. The third kappa shape index (κ3) is 1.16. The monoisotopic (exact) mass is 209 g/mol. The largest absolute Gasteiger partial charge is 0.507 e. The quantitative estimate of drug-likeness (QED) is 0.575. The fraction of sp³-hybridized carbons (Fsp3) is 0.0714. The van der Waals surface area contributed by atoms with Gasteiger partial charge < -0.3 is 5.11 Å². The molecule has 78 valence electrons. The summed E-state index contributed by atoms with van der Waals surface area (Å²) in [5, 5.41) is 12.9. The van der Waals surface area contributed by atoms with E-state index in [1.54, 1.807) is 12.3 Å².